The Balaban J connectivity index is 1.17. The number of imidazole rings is 1. The van der Waals surface area contributed by atoms with Crippen LogP contribution >= 0.6 is 0 Å². The van der Waals surface area contributed by atoms with Crippen LogP contribution in [0.25, 0.3) is 16.8 Å². The van der Waals surface area contributed by atoms with E-state index in [0.717, 1.165) is 0 Å². The smallest absolute Gasteiger partial charge is 0.387 e. The third-order valence-electron chi connectivity index (χ3n) is 9.08. The number of aliphatic hydroxyl groups excluding tert-OH is 1. The van der Waals surface area contributed by atoms with E-state index in [4.69, 9.17) is 9.47 Å². The first-order valence-corrected chi connectivity index (χ1v) is 13.1. The van der Waals surface area contributed by atoms with Gasteiger partial charge in [-0.1, -0.05) is 18.2 Å². The first kappa shape index (κ1) is 24.1. The molecule has 0 bridgehead atoms. The van der Waals surface area contributed by atoms with Crippen LogP contribution < -0.4 is 9.64 Å². The molecule has 4 aliphatic rings. The van der Waals surface area contributed by atoms with Crippen molar-refractivity contribution in [2.75, 3.05) is 11.5 Å². The molecule has 0 radical (unpaired) electrons. The Labute approximate surface area is 225 Å². The fourth-order valence-corrected chi connectivity index (χ4v) is 7.23. The number of alkyl halides is 2. The number of hydrogen-bond acceptors (Lipinski definition) is 8. The quantitative estimate of drug-likeness (QED) is 0.389. The van der Waals surface area contributed by atoms with E-state index in [2.05, 4.69) is 15.0 Å². The number of para-hydroxylation sites is 1. The number of halogens is 3. The lowest BCUT2D eigenvalue weighted by molar-refractivity contribution is -0.0506. The summed E-state index contributed by atoms with van der Waals surface area (Å²) in [7, 11) is 0. The molecule has 7 atom stereocenters. The van der Waals surface area contributed by atoms with E-state index in [1.165, 1.54) is 24.5 Å². The second-order valence-corrected chi connectivity index (χ2v) is 11.0. The summed E-state index contributed by atoms with van der Waals surface area (Å²) >= 11 is 0. The molecule has 2 aliphatic carbocycles. The average Bonchev–Trinajstić information content (AvgIpc) is 3.33. The fraction of sp³-hybridized carbons (Fsp3) is 0.393. The molecule has 40 heavy (non-hydrogen) atoms. The summed E-state index contributed by atoms with van der Waals surface area (Å²) in [6, 6.07) is 7.52. The Kier molecular flexibility index (Phi) is 4.91. The average molecular weight is 552 g/mol. The SMILES string of the molecule is CC1N(c2ncc(-c3cn4c5c(nc4cc3F)[C@H](O)C[C@@H]5c3ccccc3OC(F)F)cn2)C2COC3C2C31O. The number of hydrogen-bond donors (Lipinski definition) is 2. The number of aliphatic hydroxyl groups is 2. The van der Waals surface area contributed by atoms with Gasteiger partial charge in [-0.25, -0.2) is 19.3 Å². The van der Waals surface area contributed by atoms with Crippen LogP contribution in [0.2, 0.25) is 0 Å². The molecule has 4 aromatic rings. The van der Waals surface area contributed by atoms with E-state index in [0.29, 0.717) is 35.1 Å². The van der Waals surface area contributed by atoms with Gasteiger partial charge in [0, 0.05) is 53.2 Å². The van der Waals surface area contributed by atoms with Gasteiger partial charge in [-0.3, -0.25) is 0 Å². The van der Waals surface area contributed by atoms with Gasteiger partial charge in [-0.05, 0) is 19.4 Å². The standard InChI is InChI=1S/C28H24F3N5O4/c1-12-28(38)22-18(11-39-25(22)28)36(12)27-32-8-13(9-33-27)16-10-35-21(7-17(16)29)34-23-19(37)6-15(24(23)35)14-4-2-3-5-20(14)40-26(30)31/h2-5,7-10,12,15,18-19,22,25-26,37-38H,6,11H2,1H3/t12?,15-,18?,19-,22?,25?,28?/m1/s1. The van der Waals surface area contributed by atoms with Crippen molar-refractivity contribution in [1.29, 1.82) is 0 Å². The summed E-state index contributed by atoms with van der Waals surface area (Å²) in [6.07, 6.45) is 3.80. The largest absolute Gasteiger partial charge is 0.435 e. The molecule has 2 saturated heterocycles. The molecule has 12 heteroatoms. The van der Waals surface area contributed by atoms with Crippen LogP contribution in [-0.4, -0.2) is 66.6 Å². The minimum absolute atomic E-state index is 0.00207. The second kappa shape index (κ2) is 8.15. The van der Waals surface area contributed by atoms with Crippen LogP contribution in [0, 0.1) is 11.7 Å². The predicted molar refractivity (Wildman–Crippen MR) is 135 cm³/mol. The van der Waals surface area contributed by atoms with Crippen LogP contribution in [0.4, 0.5) is 19.1 Å². The number of fused-ring (bicyclic) bond motifs is 4. The lowest BCUT2D eigenvalue weighted by atomic mass is 9.95. The van der Waals surface area contributed by atoms with Crippen molar-refractivity contribution >= 4 is 11.6 Å². The van der Waals surface area contributed by atoms with Crippen molar-refractivity contribution in [1.82, 2.24) is 19.4 Å². The van der Waals surface area contributed by atoms with Gasteiger partial charge in [-0.2, -0.15) is 8.78 Å². The molecule has 9 nitrogen and oxygen atoms in total. The highest BCUT2D eigenvalue weighted by Crippen LogP contribution is 2.63. The fourth-order valence-electron chi connectivity index (χ4n) is 7.23. The first-order valence-electron chi connectivity index (χ1n) is 13.1. The van der Waals surface area contributed by atoms with Gasteiger partial charge in [-0.15, -0.1) is 0 Å². The van der Waals surface area contributed by atoms with E-state index in [-0.39, 0.29) is 47.5 Å². The minimum atomic E-state index is -3.00. The molecule has 3 aromatic heterocycles. The minimum Gasteiger partial charge on any atom is -0.435 e. The van der Waals surface area contributed by atoms with E-state index in [1.54, 1.807) is 28.8 Å². The third kappa shape index (κ3) is 3.12. The maximum atomic E-state index is 15.4. The Morgan fingerprint density at radius 3 is 2.73 bits per heavy atom. The van der Waals surface area contributed by atoms with Crippen LogP contribution in [0.3, 0.4) is 0 Å². The monoisotopic (exact) mass is 551 g/mol. The van der Waals surface area contributed by atoms with Crippen molar-refractivity contribution < 1.29 is 32.9 Å². The van der Waals surface area contributed by atoms with Crippen molar-refractivity contribution in [3.63, 3.8) is 0 Å². The summed E-state index contributed by atoms with van der Waals surface area (Å²) in [4.78, 5) is 15.5. The molecule has 0 amide bonds. The lowest BCUT2D eigenvalue weighted by Gasteiger charge is -2.29. The van der Waals surface area contributed by atoms with E-state index in [9.17, 15) is 19.0 Å². The van der Waals surface area contributed by atoms with Gasteiger partial charge in [0.05, 0.1) is 42.3 Å². The summed E-state index contributed by atoms with van der Waals surface area (Å²) in [5.74, 6) is -0.542. The summed E-state index contributed by atoms with van der Waals surface area (Å²) < 4.78 is 53.7. The predicted octanol–water partition coefficient (Wildman–Crippen LogP) is 3.44. The molecular formula is C28H24F3N5O4. The third-order valence-corrected chi connectivity index (χ3v) is 9.08. The number of piperidine rings is 1. The van der Waals surface area contributed by atoms with E-state index < -0.39 is 30.1 Å². The summed E-state index contributed by atoms with van der Waals surface area (Å²) in [5.41, 5.74) is 1.49. The number of aromatic nitrogens is 4. The Morgan fingerprint density at radius 1 is 1.20 bits per heavy atom. The van der Waals surface area contributed by atoms with Crippen molar-refractivity contribution in [3.05, 3.63) is 71.7 Å². The lowest BCUT2D eigenvalue weighted by Crippen LogP contribution is -2.43. The molecule has 5 heterocycles. The first-order chi connectivity index (χ1) is 19.3. The molecule has 1 saturated carbocycles. The van der Waals surface area contributed by atoms with Crippen LogP contribution in [0.5, 0.6) is 5.75 Å². The normalized spacial score (nSPS) is 31.7. The van der Waals surface area contributed by atoms with Crippen LogP contribution in [0.15, 0.2) is 48.9 Å². The number of ether oxygens (including phenoxy) is 2. The molecule has 2 aliphatic heterocycles. The number of anilines is 1. The molecule has 1 aromatic carbocycles. The van der Waals surface area contributed by atoms with Crippen molar-refractivity contribution in [3.8, 4) is 16.9 Å². The number of nitrogens with zero attached hydrogens (tertiary/aromatic N) is 5. The van der Waals surface area contributed by atoms with E-state index in [1.807, 2.05) is 11.8 Å². The second-order valence-electron chi connectivity index (χ2n) is 11.0. The van der Waals surface area contributed by atoms with E-state index >= 15 is 4.39 Å². The maximum absolute atomic E-state index is 15.4. The molecule has 8 rings (SSSR count). The Bertz CT molecular complexity index is 1660. The molecular weight excluding hydrogens is 527 g/mol. The van der Waals surface area contributed by atoms with Gasteiger partial charge < -0.3 is 29.0 Å². The van der Waals surface area contributed by atoms with Crippen LogP contribution in [0.1, 0.15) is 42.3 Å². The van der Waals surface area contributed by atoms with Gasteiger partial charge >= 0.3 is 6.61 Å². The van der Waals surface area contributed by atoms with Gasteiger partial charge in [0.2, 0.25) is 5.95 Å². The van der Waals surface area contributed by atoms with Gasteiger partial charge in [0.15, 0.2) is 0 Å². The summed E-state index contributed by atoms with van der Waals surface area (Å²) in [5, 5.41) is 21.7. The molecule has 3 fully saturated rings. The molecule has 206 valence electrons. The van der Waals surface area contributed by atoms with Crippen LogP contribution in [-0.2, 0) is 4.74 Å². The highest BCUT2D eigenvalue weighted by molar-refractivity contribution is 5.66. The highest BCUT2D eigenvalue weighted by atomic mass is 19.3. The Hall–Kier alpha value is -3.74. The number of pyridine rings is 1. The van der Waals surface area contributed by atoms with Crippen molar-refractivity contribution in [2.45, 2.75) is 55.8 Å². The zero-order valence-electron chi connectivity index (χ0n) is 21.2. The molecule has 2 N–H and O–H groups in total. The molecule has 5 unspecified atom stereocenters. The zero-order chi connectivity index (χ0) is 27.5. The zero-order valence-corrected chi connectivity index (χ0v) is 21.2. The maximum Gasteiger partial charge on any atom is 0.387 e. The van der Waals surface area contributed by atoms with Gasteiger partial charge in [0.1, 0.15) is 22.8 Å². The number of rotatable bonds is 5. The van der Waals surface area contributed by atoms with Gasteiger partial charge in [0.25, 0.3) is 0 Å². The van der Waals surface area contributed by atoms with Crippen molar-refractivity contribution in [2.24, 2.45) is 5.92 Å². The topological polar surface area (TPSA) is 105 Å². The summed E-state index contributed by atoms with van der Waals surface area (Å²) in [6.45, 7) is -0.567. The molecule has 0 spiro atoms. The Morgan fingerprint density at radius 2 is 1.98 bits per heavy atom. The number of benzene rings is 1. The highest BCUT2D eigenvalue weighted by Gasteiger charge is 2.81.